The Morgan fingerprint density at radius 3 is 2.48 bits per heavy atom. The molecule has 0 spiro atoms. The van der Waals surface area contributed by atoms with Crippen LogP contribution in [0.15, 0.2) is 29.6 Å². The highest BCUT2D eigenvalue weighted by Crippen LogP contribution is 2.20. The van der Waals surface area contributed by atoms with Crippen molar-refractivity contribution in [1.29, 1.82) is 0 Å². The first-order valence-electron chi connectivity index (χ1n) is 9.71. The summed E-state index contributed by atoms with van der Waals surface area (Å²) in [6.45, 7) is 8.62. The van der Waals surface area contributed by atoms with E-state index < -0.39 is 0 Å². The number of rotatable bonds is 10. The molecule has 3 N–H and O–H groups in total. The van der Waals surface area contributed by atoms with Crippen LogP contribution in [-0.4, -0.2) is 38.8 Å². The van der Waals surface area contributed by atoms with Crippen molar-refractivity contribution in [3.05, 3.63) is 41.2 Å². The summed E-state index contributed by atoms with van der Waals surface area (Å²) < 4.78 is 1.65. The maximum Gasteiger partial charge on any atom is 0.240 e. The number of nitrogens with zero attached hydrogens (tertiary/aromatic N) is 2. The lowest BCUT2D eigenvalue weighted by atomic mass is 10.1. The quantitative estimate of drug-likeness (QED) is 0.516. The van der Waals surface area contributed by atoms with Crippen molar-refractivity contribution >= 4 is 29.3 Å². The first-order valence-corrected chi connectivity index (χ1v) is 10.7. The normalized spacial score (nSPS) is 11.0. The minimum absolute atomic E-state index is 0.0645. The van der Waals surface area contributed by atoms with Crippen LogP contribution in [0.5, 0.6) is 0 Å². The molecule has 2 amide bonds. The summed E-state index contributed by atoms with van der Waals surface area (Å²) in [5.41, 5.74) is 3.47. The Balaban J connectivity index is 1.95. The van der Waals surface area contributed by atoms with E-state index in [0.29, 0.717) is 23.3 Å². The van der Waals surface area contributed by atoms with Gasteiger partial charge in [-0.3, -0.25) is 9.59 Å². The van der Waals surface area contributed by atoms with Gasteiger partial charge in [0.2, 0.25) is 11.8 Å². The summed E-state index contributed by atoms with van der Waals surface area (Å²) in [6, 6.07) is 5.88. The van der Waals surface area contributed by atoms with Crippen LogP contribution in [-0.2, 0) is 22.7 Å². The number of amides is 2. The fourth-order valence-corrected chi connectivity index (χ4v) is 3.67. The third-order valence-electron chi connectivity index (χ3n) is 4.25. The standard InChI is InChI=1S/C21H30N4O3S/c1-14(2)5-6-22-19(27)11-25-18(12-26)10-23-21(25)29-13-20(28)24-17-8-15(3)7-16(4)9-17/h7-10,14,26H,5-6,11-13H2,1-4H3,(H,22,27)(H,24,28). The number of hydrogen-bond donors (Lipinski definition) is 3. The molecule has 0 atom stereocenters. The van der Waals surface area contributed by atoms with Crippen molar-refractivity contribution in [2.24, 2.45) is 5.92 Å². The van der Waals surface area contributed by atoms with Gasteiger partial charge >= 0.3 is 0 Å². The van der Waals surface area contributed by atoms with Crippen LogP contribution in [0, 0.1) is 19.8 Å². The average molecular weight is 419 g/mol. The van der Waals surface area contributed by atoms with Crippen LogP contribution >= 0.6 is 11.8 Å². The number of carbonyl (C=O) groups excluding carboxylic acids is 2. The maximum absolute atomic E-state index is 12.3. The molecule has 2 aromatic rings. The molecule has 0 saturated heterocycles. The van der Waals surface area contributed by atoms with Crippen molar-refractivity contribution in [3.63, 3.8) is 0 Å². The maximum atomic E-state index is 12.3. The number of imidazole rings is 1. The number of carbonyl (C=O) groups is 2. The number of aromatic nitrogens is 2. The Kier molecular flexibility index (Phi) is 8.72. The molecule has 8 heteroatoms. The number of aryl methyl sites for hydroxylation is 2. The van der Waals surface area contributed by atoms with E-state index in [0.717, 1.165) is 23.2 Å². The number of nitrogens with one attached hydrogen (secondary N) is 2. The van der Waals surface area contributed by atoms with Crippen LogP contribution < -0.4 is 10.6 Å². The zero-order valence-corrected chi connectivity index (χ0v) is 18.3. The van der Waals surface area contributed by atoms with Crippen LogP contribution in [0.1, 0.15) is 37.1 Å². The van der Waals surface area contributed by atoms with E-state index in [-0.39, 0.29) is 30.7 Å². The number of benzene rings is 1. The third-order valence-corrected chi connectivity index (χ3v) is 5.24. The largest absolute Gasteiger partial charge is 0.390 e. The highest BCUT2D eigenvalue weighted by atomic mass is 32.2. The monoisotopic (exact) mass is 418 g/mol. The van der Waals surface area contributed by atoms with Gasteiger partial charge in [-0.25, -0.2) is 4.98 Å². The van der Waals surface area contributed by atoms with Gasteiger partial charge in [-0.2, -0.15) is 0 Å². The van der Waals surface area contributed by atoms with Crippen molar-refractivity contribution in [2.45, 2.75) is 52.4 Å². The first-order chi connectivity index (χ1) is 13.8. The van der Waals surface area contributed by atoms with Gasteiger partial charge in [-0.15, -0.1) is 0 Å². The van der Waals surface area contributed by atoms with Gasteiger partial charge in [0.25, 0.3) is 0 Å². The molecule has 0 aliphatic carbocycles. The minimum atomic E-state index is -0.221. The fraction of sp³-hybridized carbons (Fsp3) is 0.476. The summed E-state index contributed by atoms with van der Waals surface area (Å²) in [5.74, 6) is 0.379. The molecule has 0 fully saturated rings. The smallest absolute Gasteiger partial charge is 0.240 e. The first kappa shape index (κ1) is 23.0. The van der Waals surface area contributed by atoms with E-state index in [1.165, 1.54) is 18.0 Å². The molecule has 158 valence electrons. The topological polar surface area (TPSA) is 96.2 Å². The van der Waals surface area contributed by atoms with Crippen molar-refractivity contribution in [1.82, 2.24) is 14.9 Å². The molecule has 2 rings (SSSR count). The van der Waals surface area contributed by atoms with E-state index in [1.807, 2.05) is 32.0 Å². The SMILES string of the molecule is Cc1cc(C)cc(NC(=O)CSc2ncc(CO)n2CC(=O)NCCC(C)C)c1. The molecule has 0 saturated carbocycles. The van der Waals surface area contributed by atoms with Gasteiger partial charge in [0, 0.05) is 12.2 Å². The van der Waals surface area contributed by atoms with Crippen molar-refractivity contribution < 1.29 is 14.7 Å². The highest BCUT2D eigenvalue weighted by Gasteiger charge is 2.15. The molecular formula is C21H30N4O3S. The number of thioether (sulfide) groups is 1. The molecule has 0 aliphatic rings. The lowest BCUT2D eigenvalue weighted by Crippen LogP contribution is -2.30. The number of anilines is 1. The highest BCUT2D eigenvalue weighted by molar-refractivity contribution is 7.99. The van der Waals surface area contributed by atoms with Gasteiger partial charge in [0.1, 0.15) is 6.54 Å². The van der Waals surface area contributed by atoms with Crippen LogP contribution in [0.4, 0.5) is 5.69 Å². The second kappa shape index (κ2) is 11.0. The summed E-state index contributed by atoms with van der Waals surface area (Å²) in [7, 11) is 0. The predicted molar refractivity (Wildman–Crippen MR) is 116 cm³/mol. The summed E-state index contributed by atoms with van der Waals surface area (Å²) in [4.78, 5) is 28.8. The summed E-state index contributed by atoms with van der Waals surface area (Å²) in [5, 5.41) is 15.8. The molecule has 0 aliphatic heterocycles. The molecule has 0 bridgehead atoms. The number of hydrogen-bond acceptors (Lipinski definition) is 5. The zero-order chi connectivity index (χ0) is 21.4. The minimum Gasteiger partial charge on any atom is -0.390 e. The molecule has 1 aromatic heterocycles. The van der Waals surface area contributed by atoms with Gasteiger partial charge < -0.3 is 20.3 Å². The average Bonchev–Trinajstić information content (AvgIpc) is 3.00. The molecule has 0 radical (unpaired) electrons. The van der Waals surface area contributed by atoms with Gasteiger partial charge in [0.05, 0.1) is 24.3 Å². The van der Waals surface area contributed by atoms with E-state index >= 15 is 0 Å². The Hall–Kier alpha value is -2.32. The number of aliphatic hydroxyl groups excluding tert-OH is 1. The number of aliphatic hydroxyl groups is 1. The second-order valence-corrected chi connectivity index (χ2v) is 8.46. The molecule has 1 aromatic carbocycles. The second-order valence-electron chi connectivity index (χ2n) is 7.52. The van der Waals surface area contributed by atoms with Crippen LogP contribution in [0.3, 0.4) is 0 Å². The summed E-state index contributed by atoms with van der Waals surface area (Å²) in [6.07, 6.45) is 2.44. The molecule has 7 nitrogen and oxygen atoms in total. The Labute approximate surface area is 176 Å². The van der Waals surface area contributed by atoms with Crippen LogP contribution in [0.2, 0.25) is 0 Å². The van der Waals surface area contributed by atoms with E-state index in [2.05, 4.69) is 29.5 Å². The molecular weight excluding hydrogens is 388 g/mol. The fourth-order valence-electron chi connectivity index (χ4n) is 2.88. The predicted octanol–water partition coefficient (Wildman–Crippen LogP) is 2.89. The molecule has 29 heavy (non-hydrogen) atoms. The van der Waals surface area contributed by atoms with E-state index in [4.69, 9.17) is 0 Å². The van der Waals surface area contributed by atoms with E-state index in [9.17, 15) is 14.7 Å². The molecule has 1 heterocycles. The molecule has 0 unspecified atom stereocenters. The van der Waals surface area contributed by atoms with Gasteiger partial charge in [-0.05, 0) is 49.4 Å². The Morgan fingerprint density at radius 2 is 1.86 bits per heavy atom. The lowest BCUT2D eigenvalue weighted by Gasteiger charge is -2.12. The third kappa shape index (κ3) is 7.55. The lowest BCUT2D eigenvalue weighted by molar-refractivity contribution is -0.121. The van der Waals surface area contributed by atoms with E-state index in [1.54, 1.807) is 4.57 Å². The summed E-state index contributed by atoms with van der Waals surface area (Å²) >= 11 is 1.24. The Bertz CT molecular complexity index is 828. The van der Waals surface area contributed by atoms with Crippen molar-refractivity contribution in [3.8, 4) is 0 Å². The van der Waals surface area contributed by atoms with Crippen LogP contribution in [0.25, 0.3) is 0 Å². The van der Waals surface area contributed by atoms with Crippen molar-refractivity contribution in [2.75, 3.05) is 17.6 Å². The van der Waals surface area contributed by atoms with Gasteiger partial charge in [-0.1, -0.05) is 31.7 Å². The van der Waals surface area contributed by atoms with Gasteiger partial charge in [0.15, 0.2) is 5.16 Å². The zero-order valence-electron chi connectivity index (χ0n) is 17.5. The Morgan fingerprint density at radius 1 is 1.17 bits per heavy atom.